The van der Waals surface area contributed by atoms with Gasteiger partial charge in [-0.1, -0.05) is 11.6 Å². The number of amides is 1. The van der Waals surface area contributed by atoms with E-state index >= 15 is 0 Å². The summed E-state index contributed by atoms with van der Waals surface area (Å²) in [5, 5.41) is 0.557. The SMILES string of the molecule is COCCN(C(=O)c1ccc(Br)c(Cl)c1)C(C)C1CC1. The van der Waals surface area contributed by atoms with Gasteiger partial charge in [0.05, 0.1) is 11.6 Å². The Hall–Kier alpha value is -0.580. The van der Waals surface area contributed by atoms with E-state index in [1.165, 1.54) is 12.8 Å². The van der Waals surface area contributed by atoms with Gasteiger partial charge in [-0.3, -0.25) is 4.79 Å². The average Bonchev–Trinajstić information content (AvgIpc) is 3.26. The van der Waals surface area contributed by atoms with E-state index in [1.807, 2.05) is 11.0 Å². The standard InChI is InChI=1S/C15H19BrClNO2/c1-10(11-3-4-11)18(7-8-20-2)15(19)12-5-6-13(16)14(17)9-12/h5-6,9-11H,3-4,7-8H2,1-2H3. The van der Waals surface area contributed by atoms with Crippen LogP contribution >= 0.6 is 27.5 Å². The molecule has 1 aromatic carbocycles. The maximum Gasteiger partial charge on any atom is 0.254 e. The first-order chi connectivity index (χ1) is 9.54. The van der Waals surface area contributed by atoms with Crippen LogP contribution in [0.4, 0.5) is 0 Å². The van der Waals surface area contributed by atoms with E-state index in [2.05, 4.69) is 22.9 Å². The van der Waals surface area contributed by atoms with Gasteiger partial charge in [-0.25, -0.2) is 0 Å². The van der Waals surface area contributed by atoms with Gasteiger partial charge in [0.25, 0.3) is 5.91 Å². The molecule has 1 aliphatic carbocycles. The molecule has 0 aliphatic heterocycles. The Kier molecular flexibility index (Phi) is 5.47. The first-order valence-corrected chi connectivity index (χ1v) is 7.96. The van der Waals surface area contributed by atoms with Gasteiger partial charge in [0.15, 0.2) is 0 Å². The molecule has 1 aromatic rings. The Balaban J connectivity index is 2.17. The third-order valence-corrected chi connectivity index (χ3v) is 4.99. The van der Waals surface area contributed by atoms with Crippen LogP contribution in [0.3, 0.4) is 0 Å². The molecule has 2 rings (SSSR count). The van der Waals surface area contributed by atoms with Crippen LogP contribution in [0, 0.1) is 5.92 Å². The summed E-state index contributed by atoms with van der Waals surface area (Å²) in [6.07, 6.45) is 2.41. The molecule has 1 saturated carbocycles. The Morgan fingerprint density at radius 3 is 2.80 bits per heavy atom. The molecule has 1 amide bonds. The van der Waals surface area contributed by atoms with Crippen LogP contribution in [0.15, 0.2) is 22.7 Å². The van der Waals surface area contributed by atoms with Crippen molar-refractivity contribution in [2.75, 3.05) is 20.3 Å². The van der Waals surface area contributed by atoms with Gasteiger partial charge in [0.2, 0.25) is 0 Å². The van der Waals surface area contributed by atoms with E-state index < -0.39 is 0 Å². The van der Waals surface area contributed by atoms with Crippen LogP contribution in [0.5, 0.6) is 0 Å². The number of benzene rings is 1. The predicted octanol–water partition coefficient (Wildman–Crippen LogP) is 3.99. The molecule has 0 spiro atoms. The molecule has 20 heavy (non-hydrogen) atoms. The second kappa shape index (κ2) is 6.92. The normalized spacial score (nSPS) is 16.0. The third-order valence-electron chi connectivity index (χ3n) is 3.76. The maximum absolute atomic E-state index is 12.7. The molecule has 1 aliphatic rings. The van der Waals surface area contributed by atoms with Crippen LogP contribution in [-0.2, 0) is 4.74 Å². The maximum atomic E-state index is 12.7. The molecule has 1 fully saturated rings. The lowest BCUT2D eigenvalue weighted by Gasteiger charge is -2.29. The minimum atomic E-state index is 0.0239. The van der Waals surface area contributed by atoms with Crippen LogP contribution in [0.1, 0.15) is 30.1 Å². The molecule has 0 bridgehead atoms. The minimum Gasteiger partial charge on any atom is -0.383 e. The van der Waals surface area contributed by atoms with E-state index in [1.54, 1.807) is 19.2 Å². The second-order valence-electron chi connectivity index (χ2n) is 5.20. The molecule has 5 heteroatoms. The van der Waals surface area contributed by atoms with E-state index in [9.17, 15) is 4.79 Å². The van der Waals surface area contributed by atoms with Crippen LogP contribution in [0.2, 0.25) is 5.02 Å². The summed E-state index contributed by atoms with van der Waals surface area (Å²) in [5.41, 5.74) is 0.627. The Morgan fingerprint density at radius 2 is 2.25 bits per heavy atom. The third kappa shape index (κ3) is 3.74. The lowest BCUT2D eigenvalue weighted by molar-refractivity contribution is 0.0594. The van der Waals surface area contributed by atoms with Crippen molar-refractivity contribution in [1.82, 2.24) is 4.90 Å². The minimum absolute atomic E-state index is 0.0239. The molecule has 0 saturated heterocycles. The molecule has 0 radical (unpaired) electrons. The quantitative estimate of drug-likeness (QED) is 0.767. The van der Waals surface area contributed by atoms with E-state index in [0.717, 1.165) is 4.47 Å². The first kappa shape index (κ1) is 15.8. The number of nitrogens with zero attached hydrogens (tertiary/aromatic N) is 1. The van der Waals surface area contributed by atoms with Crippen molar-refractivity contribution in [1.29, 1.82) is 0 Å². The number of ether oxygens (including phenoxy) is 1. The van der Waals surface area contributed by atoms with Gasteiger partial charge in [0, 0.05) is 29.7 Å². The molecule has 1 unspecified atom stereocenters. The van der Waals surface area contributed by atoms with Gasteiger partial charge in [0.1, 0.15) is 0 Å². The van der Waals surface area contributed by atoms with Crippen molar-refractivity contribution in [3.8, 4) is 0 Å². The number of halogens is 2. The Labute approximate surface area is 133 Å². The Bertz CT molecular complexity index is 491. The molecule has 0 aromatic heterocycles. The Morgan fingerprint density at radius 1 is 1.55 bits per heavy atom. The highest BCUT2D eigenvalue weighted by Gasteiger charge is 2.34. The monoisotopic (exact) mass is 359 g/mol. The predicted molar refractivity (Wildman–Crippen MR) is 84.3 cm³/mol. The molecular formula is C15H19BrClNO2. The number of methoxy groups -OCH3 is 1. The van der Waals surface area contributed by atoms with Gasteiger partial charge in [-0.05, 0) is 59.8 Å². The van der Waals surface area contributed by atoms with Crippen LogP contribution in [0.25, 0.3) is 0 Å². The summed E-state index contributed by atoms with van der Waals surface area (Å²) in [6.45, 7) is 3.28. The molecule has 0 heterocycles. The smallest absolute Gasteiger partial charge is 0.254 e. The van der Waals surface area contributed by atoms with Gasteiger partial charge < -0.3 is 9.64 Å². The summed E-state index contributed by atoms with van der Waals surface area (Å²) >= 11 is 9.42. The van der Waals surface area contributed by atoms with Crippen molar-refractivity contribution < 1.29 is 9.53 Å². The fourth-order valence-electron chi connectivity index (χ4n) is 2.31. The van der Waals surface area contributed by atoms with Crippen LogP contribution < -0.4 is 0 Å². The number of hydrogen-bond donors (Lipinski definition) is 0. The van der Waals surface area contributed by atoms with Crippen LogP contribution in [-0.4, -0.2) is 37.1 Å². The van der Waals surface area contributed by atoms with Crippen molar-refractivity contribution >= 4 is 33.4 Å². The molecule has 3 nitrogen and oxygen atoms in total. The van der Waals surface area contributed by atoms with Gasteiger partial charge in [-0.15, -0.1) is 0 Å². The zero-order chi connectivity index (χ0) is 14.7. The van der Waals surface area contributed by atoms with Crippen molar-refractivity contribution in [2.24, 2.45) is 5.92 Å². The van der Waals surface area contributed by atoms with E-state index in [0.29, 0.717) is 29.7 Å². The summed E-state index contributed by atoms with van der Waals surface area (Å²) in [5.74, 6) is 0.651. The number of carbonyl (C=O) groups excluding carboxylic acids is 1. The van der Waals surface area contributed by atoms with Crippen molar-refractivity contribution in [2.45, 2.75) is 25.8 Å². The summed E-state index contributed by atoms with van der Waals surface area (Å²) in [4.78, 5) is 14.6. The molecule has 1 atom stereocenters. The highest BCUT2D eigenvalue weighted by molar-refractivity contribution is 9.10. The van der Waals surface area contributed by atoms with Gasteiger partial charge in [-0.2, -0.15) is 0 Å². The lowest BCUT2D eigenvalue weighted by Crippen LogP contribution is -2.42. The lowest BCUT2D eigenvalue weighted by atomic mass is 10.1. The number of rotatable bonds is 6. The fraction of sp³-hybridized carbons (Fsp3) is 0.533. The topological polar surface area (TPSA) is 29.5 Å². The molecule has 110 valence electrons. The zero-order valence-corrected chi connectivity index (χ0v) is 14.1. The largest absolute Gasteiger partial charge is 0.383 e. The first-order valence-electron chi connectivity index (χ1n) is 6.79. The summed E-state index contributed by atoms with van der Waals surface area (Å²) < 4.78 is 5.92. The van der Waals surface area contributed by atoms with E-state index in [-0.39, 0.29) is 11.9 Å². The highest BCUT2D eigenvalue weighted by atomic mass is 79.9. The average molecular weight is 361 g/mol. The van der Waals surface area contributed by atoms with Crippen molar-refractivity contribution in [3.63, 3.8) is 0 Å². The number of hydrogen-bond acceptors (Lipinski definition) is 2. The van der Waals surface area contributed by atoms with E-state index in [4.69, 9.17) is 16.3 Å². The number of carbonyl (C=O) groups is 1. The second-order valence-corrected chi connectivity index (χ2v) is 6.46. The molecule has 0 N–H and O–H groups in total. The van der Waals surface area contributed by atoms with Gasteiger partial charge >= 0.3 is 0 Å². The highest BCUT2D eigenvalue weighted by Crippen LogP contribution is 2.35. The summed E-state index contributed by atoms with van der Waals surface area (Å²) in [6, 6.07) is 5.58. The van der Waals surface area contributed by atoms with Crippen molar-refractivity contribution in [3.05, 3.63) is 33.3 Å². The zero-order valence-electron chi connectivity index (χ0n) is 11.7. The fourth-order valence-corrected chi connectivity index (χ4v) is 2.74. The molecular weight excluding hydrogens is 342 g/mol. The summed E-state index contributed by atoms with van der Waals surface area (Å²) in [7, 11) is 1.65.